The highest BCUT2D eigenvalue weighted by atomic mass is 16.6. The van der Waals surface area contributed by atoms with Gasteiger partial charge in [0.05, 0.1) is 13.2 Å². The van der Waals surface area contributed by atoms with Crippen molar-refractivity contribution in [3.63, 3.8) is 0 Å². The second-order valence-corrected chi connectivity index (χ2v) is 9.23. The van der Waals surface area contributed by atoms with Crippen LogP contribution >= 0.6 is 0 Å². The number of carbonyl (C=O) groups is 1. The van der Waals surface area contributed by atoms with E-state index in [2.05, 4.69) is 29.2 Å². The fourth-order valence-electron chi connectivity index (χ4n) is 4.38. The second kappa shape index (κ2) is 14.8. The Kier molecular flexibility index (Phi) is 10.6. The van der Waals surface area contributed by atoms with Crippen LogP contribution in [-0.4, -0.2) is 37.2 Å². The van der Waals surface area contributed by atoms with Gasteiger partial charge in [0, 0.05) is 26.7 Å². The number of rotatable bonds is 14. The minimum Gasteiger partial charge on any atom is -0.456 e. The number of methoxy groups -OCH3 is 1. The van der Waals surface area contributed by atoms with Gasteiger partial charge in [-0.3, -0.25) is 4.90 Å². The number of nitrogens with zero attached hydrogens (tertiary/aromatic N) is 1. The van der Waals surface area contributed by atoms with Crippen LogP contribution in [-0.2, 0) is 38.7 Å². The van der Waals surface area contributed by atoms with Crippen molar-refractivity contribution >= 4 is 5.97 Å². The molecule has 196 valence electrons. The van der Waals surface area contributed by atoms with Crippen LogP contribution in [0.2, 0.25) is 0 Å². The van der Waals surface area contributed by atoms with E-state index in [0.717, 1.165) is 24.2 Å². The van der Waals surface area contributed by atoms with Gasteiger partial charge in [-0.05, 0) is 22.3 Å². The van der Waals surface area contributed by atoms with Crippen molar-refractivity contribution in [1.82, 2.24) is 4.90 Å². The van der Waals surface area contributed by atoms with Gasteiger partial charge >= 0.3 is 5.97 Å². The molecular formula is C33H35NO4. The fraction of sp³-hybridized carbons (Fsp3) is 0.242. The summed E-state index contributed by atoms with van der Waals surface area (Å²) in [5.41, 5.74) is 4.21. The maximum absolute atomic E-state index is 13.3. The molecule has 2 atom stereocenters. The first kappa shape index (κ1) is 27.3. The third kappa shape index (κ3) is 8.67. The van der Waals surface area contributed by atoms with Crippen LogP contribution in [0.3, 0.4) is 0 Å². The average Bonchev–Trinajstić information content (AvgIpc) is 2.95. The zero-order chi connectivity index (χ0) is 26.4. The third-order valence-electron chi connectivity index (χ3n) is 6.21. The Morgan fingerprint density at radius 2 is 1.16 bits per heavy atom. The van der Waals surface area contributed by atoms with Crippen LogP contribution in [0.4, 0.5) is 0 Å². The van der Waals surface area contributed by atoms with Crippen LogP contribution in [0.5, 0.6) is 0 Å². The highest BCUT2D eigenvalue weighted by Gasteiger charge is 2.26. The maximum Gasteiger partial charge on any atom is 0.340 e. The predicted molar refractivity (Wildman–Crippen MR) is 149 cm³/mol. The Labute approximate surface area is 225 Å². The molecule has 0 bridgehead atoms. The van der Waals surface area contributed by atoms with E-state index >= 15 is 0 Å². The standard InChI is InChI=1S/C33H35NO4/c1-36-32(30-20-12-5-13-21-30)33(35)38-31(26-37-25-29-18-10-4-11-19-29)24-34(22-27-14-6-2-7-15-27)23-28-16-8-3-9-17-28/h2-21,31-32H,22-26H2,1H3/t31-,32-/m0/s1. The summed E-state index contributed by atoms with van der Waals surface area (Å²) in [4.78, 5) is 15.6. The van der Waals surface area contributed by atoms with E-state index in [0.29, 0.717) is 13.2 Å². The van der Waals surface area contributed by atoms with E-state index in [9.17, 15) is 4.79 Å². The molecule has 0 aliphatic heterocycles. The smallest absolute Gasteiger partial charge is 0.340 e. The van der Waals surface area contributed by atoms with Crippen molar-refractivity contribution in [3.8, 4) is 0 Å². The summed E-state index contributed by atoms with van der Waals surface area (Å²) in [5, 5.41) is 0. The first-order chi connectivity index (χ1) is 18.7. The lowest BCUT2D eigenvalue weighted by Gasteiger charge is -2.29. The average molecular weight is 510 g/mol. The van der Waals surface area contributed by atoms with Crippen LogP contribution in [0, 0.1) is 0 Å². The Balaban J connectivity index is 1.51. The van der Waals surface area contributed by atoms with Crippen LogP contribution in [0.15, 0.2) is 121 Å². The Bertz CT molecular complexity index is 1160. The molecule has 5 heteroatoms. The first-order valence-electron chi connectivity index (χ1n) is 12.9. The van der Waals surface area contributed by atoms with Gasteiger partial charge in [-0.1, -0.05) is 121 Å². The Hall–Kier alpha value is -3.77. The first-order valence-corrected chi connectivity index (χ1v) is 12.9. The van der Waals surface area contributed by atoms with Gasteiger partial charge in [0.25, 0.3) is 0 Å². The predicted octanol–water partition coefficient (Wildman–Crippen LogP) is 6.21. The summed E-state index contributed by atoms with van der Waals surface area (Å²) in [6.45, 7) is 2.66. The molecule has 0 saturated heterocycles. The van der Waals surface area contributed by atoms with Gasteiger partial charge < -0.3 is 14.2 Å². The lowest BCUT2D eigenvalue weighted by Crippen LogP contribution is -2.38. The van der Waals surface area contributed by atoms with Gasteiger partial charge in [-0.2, -0.15) is 0 Å². The van der Waals surface area contributed by atoms with Crippen molar-refractivity contribution in [2.24, 2.45) is 0 Å². The maximum atomic E-state index is 13.3. The lowest BCUT2D eigenvalue weighted by atomic mass is 10.1. The number of hydrogen-bond acceptors (Lipinski definition) is 5. The normalized spacial score (nSPS) is 12.7. The molecule has 0 amide bonds. The van der Waals surface area contributed by atoms with Gasteiger partial charge in [0.1, 0.15) is 6.10 Å². The molecule has 5 nitrogen and oxygen atoms in total. The number of esters is 1. The fourth-order valence-corrected chi connectivity index (χ4v) is 4.38. The summed E-state index contributed by atoms with van der Waals surface area (Å²) < 4.78 is 17.7. The molecular weight excluding hydrogens is 474 g/mol. The van der Waals surface area contributed by atoms with Crippen molar-refractivity contribution in [2.75, 3.05) is 20.3 Å². The minimum atomic E-state index is -0.801. The highest BCUT2D eigenvalue weighted by Crippen LogP contribution is 2.20. The van der Waals surface area contributed by atoms with E-state index in [1.165, 1.54) is 18.2 Å². The van der Waals surface area contributed by atoms with E-state index in [1.807, 2.05) is 97.1 Å². The SMILES string of the molecule is CO[C@H](C(=O)O[C@H](COCc1ccccc1)CN(Cc1ccccc1)Cc1ccccc1)c1ccccc1. The molecule has 0 N–H and O–H groups in total. The molecule has 0 spiro atoms. The van der Waals surface area contributed by atoms with Gasteiger partial charge in [-0.25, -0.2) is 4.79 Å². The molecule has 4 rings (SSSR count). The lowest BCUT2D eigenvalue weighted by molar-refractivity contribution is -0.166. The molecule has 0 radical (unpaired) electrons. The van der Waals surface area contributed by atoms with Gasteiger partial charge in [0.15, 0.2) is 6.10 Å². The van der Waals surface area contributed by atoms with Crippen LogP contribution in [0.25, 0.3) is 0 Å². The highest BCUT2D eigenvalue weighted by molar-refractivity contribution is 5.76. The summed E-state index contributed by atoms with van der Waals surface area (Å²) in [6, 6.07) is 40.1. The van der Waals surface area contributed by atoms with E-state index in [-0.39, 0.29) is 6.61 Å². The number of ether oxygens (including phenoxy) is 3. The molecule has 0 aromatic heterocycles. The molecule has 0 aliphatic rings. The monoisotopic (exact) mass is 509 g/mol. The largest absolute Gasteiger partial charge is 0.456 e. The molecule has 0 fully saturated rings. The zero-order valence-corrected chi connectivity index (χ0v) is 21.8. The van der Waals surface area contributed by atoms with E-state index < -0.39 is 18.2 Å². The third-order valence-corrected chi connectivity index (χ3v) is 6.21. The van der Waals surface area contributed by atoms with Crippen molar-refractivity contribution in [1.29, 1.82) is 0 Å². The summed E-state index contributed by atoms with van der Waals surface area (Å²) in [5.74, 6) is -0.425. The molecule has 0 unspecified atom stereocenters. The number of carbonyl (C=O) groups excluding carboxylic acids is 1. The molecule has 0 saturated carbocycles. The quantitative estimate of drug-likeness (QED) is 0.189. The van der Waals surface area contributed by atoms with Crippen molar-refractivity contribution < 1.29 is 19.0 Å². The number of hydrogen-bond donors (Lipinski definition) is 0. The molecule has 38 heavy (non-hydrogen) atoms. The second-order valence-electron chi connectivity index (χ2n) is 9.23. The number of benzene rings is 4. The van der Waals surface area contributed by atoms with Crippen molar-refractivity contribution in [3.05, 3.63) is 144 Å². The van der Waals surface area contributed by atoms with Crippen molar-refractivity contribution in [2.45, 2.75) is 31.9 Å². The van der Waals surface area contributed by atoms with E-state index in [1.54, 1.807) is 0 Å². The molecule has 4 aromatic carbocycles. The van der Waals surface area contributed by atoms with Gasteiger partial charge in [-0.15, -0.1) is 0 Å². The van der Waals surface area contributed by atoms with E-state index in [4.69, 9.17) is 14.2 Å². The van der Waals surface area contributed by atoms with Gasteiger partial charge in [0.2, 0.25) is 0 Å². The Morgan fingerprint density at radius 1 is 0.684 bits per heavy atom. The zero-order valence-electron chi connectivity index (χ0n) is 21.8. The molecule has 4 aromatic rings. The summed E-state index contributed by atoms with van der Waals surface area (Å²) in [6.07, 6.45) is -1.29. The minimum absolute atomic E-state index is 0.270. The van der Waals surface area contributed by atoms with Crippen LogP contribution in [0.1, 0.15) is 28.4 Å². The summed E-state index contributed by atoms with van der Waals surface area (Å²) in [7, 11) is 1.52. The van der Waals surface area contributed by atoms with Crippen LogP contribution < -0.4 is 0 Å². The molecule has 0 aliphatic carbocycles. The Morgan fingerprint density at radius 3 is 1.66 bits per heavy atom. The topological polar surface area (TPSA) is 48.0 Å². The molecule has 0 heterocycles. The summed E-state index contributed by atoms with van der Waals surface area (Å²) >= 11 is 0.